The molecule has 1 heterocycles. The van der Waals surface area contributed by atoms with Crippen molar-refractivity contribution in [3.05, 3.63) is 65.2 Å². The highest BCUT2D eigenvalue weighted by Crippen LogP contribution is 2.22. The maximum atomic E-state index is 12.5. The third kappa shape index (κ3) is 3.18. The molecular weight excluding hydrogens is 276 g/mol. The number of amides is 1. The number of carbonyl (C=O) groups excluding carboxylic acids is 1. The molecule has 1 amide bonds. The van der Waals surface area contributed by atoms with Gasteiger partial charge in [-0.3, -0.25) is 4.79 Å². The van der Waals surface area contributed by atoms with Gasteiger partial charge in [0.15, 0.2) is 6.10 Å². The molecule has 0 fully saturated rings. The lowest BCUT2D eigenvalue weighted by atomic mass is 10.0. The zero-order chi connectivity index (χ0) is 15.4. The Labute approximate surface area is 130 Å². The Balaban J connectivity index is 1.76. The molecular formula is C18H20N2O2. The predicted molar refractivity (Wildman–Crippen MR) is 86.7 cm³/mol. The molecule has 1 atom stereocenters. The van der Waals surface area contributed by atoms with E-state index in [9.17, 15) is 4.79 Å². The summed E-state index contributed by atoms with van der Waals surface area (Å²) in [6.45, 7) is 1.86. The van der Waals surface area contributed by atoms with Crippen LogP contribution in [0.3, 0.4) is 0 Å². The van der Waals surface area contributed by atoms with Gasteiger partial charge in [-0.15, -0.1) is 0 Å². The van der Waals surface area contributed by atoms with Gasteiger partial charge >= 0.3 is 0 Å². The van der Waals surface area contributed by atoms with Gasteiger partial charge in [0.2, 0.25) is 0 Å². The molecule has 2 aromatic rings. The molecule has 0 aliphatic carbocycles. The van der Waals surface area contributed by atoms with Crippen molar-refractivity contribution in [1.82, 2.24) is 5.32 Å². The van der Waals surface area contributed by atoms with Crippen molar-refractivity contribution >= 4 is 11.6 Å². The van der Waals surface area contributed by atoms with Gasteiger partial charge in [0.25, 0.3) is 5.91 Å². The van der Waals surface area contributed by atoms with Gasteiger partial charge in [0, 0.05) is 19.3 Å². The van der Waals surface area contributed by atoms with E-state index < -0.39 is 6.10 Å². The number of carbonyl (C=O) groups is 1. The van der Waals surface area contributed by atoms with Gasteiger partial charge < -0.3 is 15.4 Å². The van der Waals surface area contributed by atoms with E-state index in [-0.39, 0.29) is 5.91 Å². The molecule has 1 aliphatic rings. The van der Waals surface area contributed by atoms with Crippen LogP contribution in [0.2, 0.25) is 0 Å². The highest BCUT2D eigenvalue weighted by atomic mass is 16.5. The van der Waals surface area contributed by atoms with E-state index >= 15 is 0 Å². The second-order valence-corrected chi connectivity index (χ2v) is 5.43. The van der Waals surface area contributed by atoms with Gasteiger partial charge in [0.05, 0.1) is 0 Å². The Morgan fingerprint density at radius 3 is 2.77 bits per heavy atom. The van der Waals surface area contributed by atoms with E-state index in [0.717, 1.165) is 30.8 Å². The lowest BCUT2D eigenvalue weighted by Crippen LogP contribution is -2.25. The first-order valence-corrected chi connectivity index (χ1v) is 7.49. The molecule has 0 spiro atoms. The molecule has 1 unspecified atom stereocenters. The van der Waals surface area contributed by atoms with Crippen LogP contribution < -0.4 is 10.6 Å². The van der Waals surface area contributed by atoms with Gasteiger partial charge in [0.1, 0.15) is 0 Å². The molecule has 4 heteroatoms. The number of rotatable bonds is 4. The van der Waals surface area contributed by atoms with Crippen molar-refractivity contribution in [2.75, 3.05) is 19.0 Å². The highest BCUT2D eigenvalue weighted by molar-refractivity contribution is 5.95. The monoisotopic (exact) mass is 296 g/mol. The van der Waals surface area contributed by atoms with Crippen LogP contribution in [0.25, 0.3) is 0 Å². The number of methoxy groups -OCH3 is 1. The van der Waals surface area contributed by atoms with Gasteiger partial charge in [-0.2, -0.15) is 0 Å². The van der Waals surface area contributed by atoms with Crippen LogP contribution in [0.1, 0.15) is 22.8 Å². The Morgan fingerprint density at radius 2 is 2.00 bits per heavy atom. The zero-order valence-corrected chi connectivity index (χ0v) is 12.6. The Morgan fingerprint density at radius 1 is 1.18 bits per heavy atom. The summed E-state index contributed by atoms with van der Waals surface area (Å²) in [4.78, 5) is 12.5. The summed E-state index contributed by atoms with van der Waals surface area (Å²) in [7, 11) is 1.55. The van der Waals surface area contributed by atoms with Crippen LogP contribution in [-0.4, -0.2) is 19.6 Å². The fraction of sp³-hybridized carbons (Fsp3) is 0.278. The number of fused-ring (bicyclic) bond motifs is 1. The van der Waals surface area contributed by atoms with Crippen LogP contribution in [0, 0.1) is 0 Å². The quantitative estimate of drug-likeness (QED) is 0.912. The number of hydrogen-bond acceptors (Lipinski definition) is 3. The van der Waals surface area contributed by atoms with E-state index in [1.165, 1.54) is 11.1 Å². The average molecular weight is 296 g/mol. The van der Waals surface area contributed by atoms with E-state index in [0.29, 0.717) is 0 Å². The summed E-state index contributed by atoms with van der Waals surface area (Å²) in [6, 6.07) is 15.6. The van der Waals surface area contributed by atoms with Gasteiger partial charge in [-0.25, -0.2) is 0 Å². The maximum absolute atomic E-state index is 12.5. The summed E-state index contributed by atoms with van der Waals surface area (Å²) in [5.74, 6) is -0.155. The maximum Gasteiger partial charge on any atom is 0.258 e. The van der Waals surface area contributed by atoms with Gasteiger partial charge in [-0.1, -0.05) is 36.4 Å². The second-order valence-electron chi connectivity index (χ2n) is 5.43. The molecule has 3 rings (SSSR count). The minimum atomic E-state index is -0.602. The summed E-state index contributed by atoms with van der Waals surface area (Å²) < 4.78 is 5.36. The molecule has 2 aromatic carbocycles. The first-order valence-electron chi connectivity index (χ1n) is 7.49. The van der Waals surface area contributed by atoms with Crippen LogP contribution in [0.4, 0.5) is 5.69 Å². The van der Waals surface area contributed by atoms with Crippen molar-refractivity contribution in [1.29, 1.82) is 0 Å². The third-order valence-electron chi connectivity index (χ3n) is 3.94. The van der Waals surface area contributed by atoms with E-state index in [4.69, 9.17) is 4.74 Å². The normalized spacial score (nSPS) is 15.0. The largest absolute Gasteiger partial charge is 0.367 e. The molecule has 22 heavy (non-hydrogen) atoms. The molecule has 4 nitrogen and oxygen atoms in total. The molecule has 2 N–H and O–H groups in total. The average Bonchev–Trinajstić information content (AvgIpc) is 2.56. The second kappa shape index (κ2) is 6.73. The molecule has 1 aliphatic heterocycles. The number of hydrogen-bond donors (Lipinski definition) is 2. The Kier molecular flexibility index (Phi) is 4.51. The predicted octanol–water partition coefficient (Wildman–Crippen LogP) is 2.66. The molecule has 0 saturated carbocycles. The summed E-state index contributed by atoms with van der Waals surface area (Å²) in [5, 5.41) is 6.29. The lowest BCUT2D eigenvalue weighted by molar-refractivity contribution is -0.126. The van der Waals surface area contributed by atoms with Gasteiger partial charge in [-0.05, 0) is 41.8 Å². The lowest BCUT2D eigenvalue weighted by Gasteiger charge is -2.19. The topological polar surface area (TPSA) is 50.4 Å². The summed E-state index contributed by atoms with van der Waals surface area (Å²) >= 11 is 0. The van der Waals surface area contributed by atoms with Crippen molar-refractivity contribution in [3.8, 4) is 0 Å². The van der Waals surface area contributed by atoms with Crippen LogP contribution in [0.15, 0.2) is 48.5 Å². The fourth-order valence-electron chi connectivity index (χ4n) is 2.79. The minimum absolute atomic E-state index is 0.155. The molecule has 0 aromatic heterocycles. The summed E-state index contributed by atoms with van der Waals surface area (Å²) in [5.41, 5.74) is 4.26. The third-order valence-corrected chi connectivity index (χ3v) is 3.94. The molecule has 0 radical (unpaired) electrons. The Hall–Kier alpha value is -2.17. The van der Waals surface area contributed by atoms with E-state index in [1.807, 2.05) is 42.5 Å². The van der Waals surface area contributed by atoms with Crippen molar-refractivity contribution in [2.45, 2.75) is 19.1 Å². The number of anilines is 1. The van der Waals surface area contributed by atoms with E-state index in [2.05, 4.69) is 16.7 Å². The summed E-state index contributed by atoms with van der Waals surface area (Å²) in [6.07, 6.45) is 0.434. The minimum Gasteiger partial charge on any atom is -0.367 e. The standard InChI is InChI=1S/C18H20N2O2/c1-22-17(14-5-3-2-4-6-14)18(21)20-16-8-7-13-9-10-19-12-15(13)11-16/h2-8,11,17,19H,9-10,12H2,1H3,(H,20,21). The van der Waals surface area contributed by atoms with Crippen molar-refractivity contribution < 1.29 is 9.53 Å². The number of benzene rings is 2. The van der Waals surface area contributed by atoms with Crippen molar-refractivity contribution in [3.63, 3.8) is 0 Å². The van der Waals surface area contributed by atoms with Crippen LogP contribution in [0.5, 0.6) is 0 Å². The van der Waals surface area contributed by atoms with Crippen molar-refractivity contribution in [2.24, 2.45) is 0 Å². The first kappa shape index (κ1) is 14.8. The SMILES string of the molecule is COC(C(=O)Nc1ccc2c(c1)CNCC2)c1ccccc1. The molecule has 114 valence electrons. The number of nitrogens with one attached hydrogen (secondary N) is 2. The molecule has 0 saturated heterocycles. The highest BCUT2D eigenvalue weighted by Gasteiger charge is 2.20. The molecule has 0 bridgehead atoms. The number of ether oxygens (including phenoxy) is 1. The zero-order valence-electron chi connectivity index (χ0n) is 12.6. The fourth-order valence-corrected chi connectivity index (χ4v) is 2.79. The van der Waals surface area contributed by atoms with Crippen LogP contribution in [-0.2, 0) is 22.5 Å². The Bertz CT molecular complexity index is 655. The van der Waals surface area contributed by atoms with Crippen LogP contribution >= 0.6 is 0 Å². The smallest absolute Gasteiger partial charge is 0.258 e. The van der Waals surface area contributed by atoms with E-state index in [1.54, 1.807) is 7.11 Å². The first-order chi connectivity index (χ1) is 10.8.